The fourth-order valence-electron chi connectivity index (χ4n) is 2.90. The Bertz CT molecular complexity index is 565. The Morgan fingerprint density at radius 3 is 2.61 bits per heavy atom. The summed E-state index contributed by atoms with van der Waals surface area (Å²) in [4.78, 5) is 4.98. The number of alkyl halides is 3. The number of rotatable bonds is 4. The molecule has 5 nitrogen and oxygen atoms in total. The molecule has 1 fully saturated rings. The molecule has 2 rings (SSSR count). The minimum atomic E-state index is -4.32. The first-order valence-electron chi connectivity index (χ1n) is 7.50. The standard InChI is InChI=1S/C15H20F3N5/c1-10-9-23(14(7-20-10)8-21-22-19)11(2)12-3-5-13(6-4-12)15(16,17)18/h3-6,10-11,14,20H,7-9H2,1-2H3/t10-,11?,14-/m0/s1. The normalized spacial score (nSPS) is 24.0. The Hall–Kier alpha value is -1.76. The number of hydrogen-bond acceptors (Lipinski definition) is 3. The highest BCUT2D eigenvalue weighted by Gasteiger charge is 2.32. The summed E-state index contributed by atoms with van der Waals surface area (Å²) in [6.07, 6.45) is -4.32. The van der Waals surface area contributed by atoms with E-state index in [4.69, 9.17) is 5.53 Å². The average molecular weight is 327 g/mol. The van der Waals surface area contributed by atoms with Gasteiger partial charge < -0.3 is 5.32 Å². The summed E-state index contributed by atoms with van der Waals surface area (Å²) in [7, 11) is 0. The van der Waals surface area contributed by atoms with Crippen LogP contribution in [0.5, 0.6) is 0 Å². The first-order chi connectivity index (χ1) is 10.8. The van der Waals surface area contributed by atoms with Gasteiger partial charge in [-0.2, -0.15) is 13.2 Å². The van der Waals surface area contributed by atoms with Gasteiger partial charge in [0.1, 0.15) is 0 Å². The van der Waals surface area contributed by atoms with Gasteiger partial charge in [0.15, 0.2) is 0 Å². The molecule has 1 aliphatic heterocycles. The van der Waals surface area contributed by atoms with Crippen LogP contribution in [0.1, 0.15) is 31.0 Å². The van der Waals surface area contributed by atoms with E-state index in [2.05, 4.69) is 27.2 Å². The predicted molar refractivity (Wildman–Crippen MR) is 81.8 cm³/mol. The Balaban J connectivity index is 2.18. The number of piperazine rings is 1. The summed E-state index contributed by atoms with van der Waals surface area (Å²) in [5, 5.41) is 6.98. The van der Waals surface area contributed by atoms with Crippen molar-refractivity contribution in [1.82, 2.24) is 10.2 Å². The zero-order valence-corrected chi connectivity index (χ0v) is 13.1. The third-order valence-corrected chi connectivity index (χ3v) is 4.23. The van der Waals surface area contributed by atoms with Gasteiger partial charge in [0.05, 0.1) is 5.56 Å². The van der Waals surface area contributed by atoms with Gasteiger partial charge in [0.25, 0.3) is 0 Å². The molecule has 1 saturated heterocycles. The van der Waals surface area contributed by atoms with Gasteiger partial charge in [-0.25, -0.2) is 0 Å². The molecule has 1 heterocycles. The Labute approximate surface area is 133 Å². The molecule has 0 aliphatic carbocycles. The molecule has 1 aliphatic rings. The number of halogens is 3. The highest BCUT2D eigenvalue weighted by atomic mass is 19.4. The topological polar surface area (TPSA) is 64.0 Å². The van der Waals surface area contributed by atoms with Gasteiger partial charge >= 0.3 is 6.18 Å². The third kappa shape index (κ3) is 4.37. The average Bonchev–Trinajstić information content (AvgIpc) is 2.52. The van der Waals surface area contributed by atoms with Crippen molar-refractivity contribution in [2.75, 3.05) is 19.6 Å². The van der Waals surface area contributed by atoms with Crippen LogP contribution < -0.4 is 5.32 Å². The van der Waals surface area contributed by atoms with E-state index in [9.17, 15) is 13.2 Å². The molecule has 1 unspecified atom stereocenters. The van der Waals surface area contributed by atoms with Gasteiger partial charge in [-0.3, -0.25) is 4.90 Å². The predicted octanol–water partition coefficient (Wildman–Crippen LogP) is 3.74. The largest absolute Gasteiger partial charge is 0.416 e. The fraction of sp³-hybridized carbons (Fsp3) is 0.600. The van der Waals surface area contributed by atoms with Gasteiger partial charge in [-0.15, -0.1) is 0 Å². The second-order valence-corrected chi connectivity index (χ2v) is 5.87. The van der Waals surface area contributed by atoms with Crippen LogP contribution in [0, 0.1) is 0 Å². The summed E-state index contributed by atoms with van der Waals surface area (Å²) >= 11 is 0. The quantitative estimate of drug-likeness (QED) is 0.520. The van der Waals surface area contributed by atoms with Crippen molar-refractivity contribution in [3.63, 3.8) is 0 Å². The van der Waals surface area contributed by atoms with Crippen LogP contribution in [0.3, 0.4) is 0 Å². The molecule has 126 valence electrons. The third-order valence-electron chi connectivity index (χ3n) is 4.23. The van der Waals surface area contributed by atoms with Gasteiger partial charge in [-0.1, -0.05) is 17.2 Å². The highest BCUT2D eigenvalue weighted by Crippen LogP contribution is 2.31. The van der Waals surface area contributed by atoms with Gasteiger partial charge in [0, 0.05) is 42.7 Å². The van der Waals surface area contributed by atoms with E-state index in [0.717, 1.165) is 24.2 Å². The van der Waals surface area contributed by atoms with E-state index >= 15 is 0 Å². The van der Waals surface area contributed by atoms with Crippen molar-refractivity contribution in [3.8, 4) is 0 Å². The molecule has 0 spiro atoms. The molecule has 0 bridgehead atoms. The highest BCUT2D eigenvalue weighted by molar-refractivity contribution is 5.26. The van der Waals surface area contributed by atoms with Gasteiger partial charge in [-0.05, 0) is 37.1 Å². The molecule has 0 saturated carbocycles. The molecular weight excluding hydrogens is 307 g/mol. The Kier molecular flexibility index (Phi) is 5.51. The van der Waals surface area contributed by atoms with Crippen LogP contribution in [0.15, 0.2) is 29.4 Å². The lowest BCUT2D eigenvalue weighted by Gasteiger charge is -2.42. The maximum Gasteiger partial charge on any atom is 0.416 e. The van der Waals surface area contributed by atoms with Crippen LogP contribution in [0.25, 0.3) is 10.4 Å². The molecular formula is C15H20F3N5. The van der Waals surface area contributed by atoms with E-state index in [-0.39, 0.29) is 18.1 Å². The van der Waals surface area contributed by atoms with E-state index in [1.165, 1.54) is 12.1 Å². The summed E-state index contributed by atoms with van der Waals surface area (Å²) in [6, 6.07) is 5.50. The minimum Gasteiger partial charge on any atom is -0.311 e. The zero-order chi connectivity index (χ0) is 17.0. The van der Waals surface area contributed by atoms with Crippen molar-refractivity contribution in [2.24, 2.45) is 5.11 Å². The molecule has 0 amide bonds. The summed E-state index contributed by atoms with van der Waals surface area (Å²) in [5.41, 5.74) is 8.68. The molecule has 1 N–H and O–H groups in total. The maximum absolute atomic E-state index is 12.7. The lowest BCUT2D eigenvalue weighted by atomic mass is 10.00. The maximum atomic E-state index is 12.7. The molecule has 3 atom stereocenters. The number of hydrogen-bond donors (Lipinski definition) is 1. The molecule has 23 heavy (non-hydrogen) atoms. The van der Waals surface area contributed by atoms with E-state index in [1.54, 1.807) is 0 Å². The second-order valence-electron chi connectivity index (χ2n) is 5.87. The van der Waals surface area contributed by atoms with Crippen molar-refractivity contribution >= 4 is 0 Å². The van der Waals surface area contributed by atoms with E-state index in [1.807, 2.05) is 6.92 Å². The summed E-state index contributed by atoms with van der Waals surface area (Å²) < 4.78 is 38.0. The number of azide groups is 1. The van der Waals surface area contributed by atoms with Crippen molar-refractivity contribution in [3.05, 3.63) is 45.8 Å². The number of benzene rings is 1. The van der Waals surface area contributed by atoms with E-state index in [0.29, 0.717) is 13.1 Å². The zero-order valence-electron chi connectivity index (χ0n) is 13.1. The van der Waals surface area contributed by atoms with Crippen molar-refractivity contribution < 1.29 is 13.2 Å². The number of nitrogens with zero attached hydrogens (tertiary/aromatic N) is 4. The van der Waals surface area contributed by atoms with Crippen LogP contribution in [-0.2, 0) is 6.18 Å². The lowest BCUT2D eigenvalue weighted by Crippen LogP contribution is -2.57. The summed E-state index contributed by atoms with van der Waals surface area (Å²) in [6.45, 7) is 5.78. The monoisotopic (exact) mass is 327 g/mol. The fourth-order valence-corrected chi connectivity index (χ4v) is 2.90. The second kappa shape index (κ2) is 7.21. The lowest BCUT2D eigenvalue weighted by molar-refractivity contribution is -0.137. The molecule has 1 aromatic rings. The van der Waals surface area contributed by atoms with Gasteiger partial charge in [0.2, 0.25) is 0 Å². The first-order valence-corrected chi connectivity index (χ1v) is 7.50. The van der Waals surface area contributed by atoms with E-state index < -0.39 is 11.7 Å². The van der Waals surface area contributed by atoms with Crippen molar-refractivity contribution in [1.29, 1.82) is 0 Å². The smallest absolute Gasteiger partial charge is 0.311 e. The molecule has 0 aromatic heterocycles. The van der Waals surface area contributed by atoms with Crippen LogP contribution in [0.4, 0.5) is 13.2 Å². The van der Waals surface area contributed by atoms with Crippen molar-refractivity contribution in [2.45, 2.75) is 38.1 Å². The Morgan fingerprint density at radius 2 is 2.04 bits per heavy atom. The molecule has 1 aromatic carbocycles. The summed E-state index contributed by atoms with van der Waals surface area (Å²) in [5.74, 6) is 0. The molecule has 8 heteroatoms. The Morgan fingerprint density at radius 1 is 1.39 bits per heavy atom. The number of nitrogens with one attached hydrogen (secondary N) is 1. The first kappa shape index (κ1) is 17.6. The van der Waals surface area contributed by atoms with Crippen LogP contribution >= 0.6 is 0 Å². The SMILES string of the molecule is CC(c1ccc(C(F)(F)F)cc1)N1C[C@H](C)NC[C@H]1CN=[N+]=[N-]. The molecule has 0 radical (unpaired) electrons. The van der Waals surface area contributed by atoms with Crippen LogP contribution in [0.2, 0.25) is 0 Å². The van der Waals surface area contributed by atoms with Crippen LogP contribution in [-0.4, -0.2) is 36.6 Å². The minimum absolute atomic E-state index is 0.0272.